The zero-order valence-electron chi connectivity index (χ0n) is 14.2. The zero-order valence-corrected chi connectivity index (χ0v) is 14.2. The third-order valence-corrected chi connectivity index (χ3v) is 4.29. The second-order valence-corrected chi connectivity index (χ2v) is 6.92. The molecule has 1 aliphatic carbocycles. The van der Waals surface area contributed by atoms with E-state index < -0.39 is 0 Å². The summed E-state index contributed by atoms with van der Waals surface area (Å²) in [5, 5.41) is 3.15. The molecule has 0 saturated heterocycles. The number of anilines is 1. The van der Waals surface area contributed by atoms with E-state index in [4.69, 9.17) is 4.74 Å². The second kappa shape index (κ2) is 6.63. The Morgan fingerprint density at radius 1 is 1.10 bits per heavy atom. The van der Waals surface area contributed by atoms with Gasteiger partial charge < -0.3 is 10.1 Å². The number of nitrogens with one attached hydrogen (secondary N) is 1. The molecule has 1 saturated carbocycles. The lowest BCUT2D eigenvalue weighted by Crippen LogP contribution is -2.29. The van der Waals surface area contributed by atoms with Gasteiger partial charge in [0.2, 0.25) is 5.88 Å². The smallest absolute Gasteiger partial charge is 0.222 e. The molecule has 1 fully saturated rings. The van der Waals surface area contributed by atoms with E-state index in [1.54, 1.807) is 0 Å². The second-order valence-electron chi connectivity index (χ2n) is 6.92. The van der Waals surface area contributed by atoms with Gasteiger partial charge in [-0.25, -0.2) is 4.98 Å². The van der Waals surface area contributed by atoms with Gasteiger partial charge in [0.25, 0.3) is 0 Å². The summed E-state index contributed by atoms with van der Waals surface area (Å²) in [4.78, 5) is 9.22. The Bertz CT molecular complexity index is 477. The predicted molar refractivity (Wildman–Crippen MR) is 87.0 cm³/mol. The molecule has 0 amide bonds. The first kappa shape index (κ1) is 16.1. The maximum absolute atomic E-state index is 6.27. The molecule has 1 aromatic rings. The number of nitrogens with zero attached hydrogens (tertiary/aromatic N) is 2. The van der Waals surface area contributed by atoms with Gasteiger partial charge in [0.1, 0.15) is 17.7 Å². The highest BCUT2D eigenvalue weighted by Gasteiger charge is 2.26. The van der Waals surface area contributed by atoms with Crippen molar-refractivity contribution in [2.24, 2.45) is 11.8 Å². The van der Waals surface area contributed by atoms with Crippen LogP contribution in [0.4, 0.5) is 5.82 Å². The monoisotopic (exact) mass is 291 g/mol. The maximum atomic E-state index is 6.27. The molecule has 1 aliphatic rings. The molecule has 0 aromatic carbocycles. The molecular formula is C17H29N3O. The number of rotatable bonds is 4. The van der Waals surface area contributed by atoms with Crippen LogP contribution < -0.4 is 10.1 Å². The summed E-state index contributed by atoms with van der Waals surface area (Å²) in [6.07, 6.45) is 3.84. The van der Waals surface area contributed by atoms with Crippen LogP contribution in [0.3, 0.4) is 0 Å². The van der Waals surface area contributed by atoms with Crippen molar-refractivity contribution in [3.05, 3.63) is 11.4 Å². The van der Waals surface area contributed by atoms with Gasteiger partial charge in [0.05, 0.1) is 5.56 Å². The van der Waals surface area contributed by atoms with Crippen molar-refractivity contribution in [3.8, 4) is 5.88 Å². The predicted octanol–water partition coefficient (Wildman–Crippen LogP) is 4.15. The van der Waals surface area contributed by atoms with Crippen LogP contribution >= 0.6 is 0 Å². The van der Waals surface area contributed by atoms with Crippen molar-refractivity contribution in [2.45, 2.75) is 65.9 Å². The Labute approximate surface area is 128 Å². The Kier molecular flexibility index (Phi) is 5.07. The van der Waals surface area contributed by atoms with E-state index in [1.165, 1.54) is 6.42 Å². The quantitative estimate of drug-likeness (QED) is 0.905. The van der Waals surface area contributed by atoms with E-state index in [9.17, 15) is 0 Å². The van der Waals surface area contributed by atoms with Crippen molar-refractivity contribution >= 4 is 5.82 Å². The lowest BCUT2D eigenvalue weighted by Gasteiger charge is -2.31. The minimum atomic E-state index is 0.280. The molecule has 1 heterocycles. The van der Waals surface area contributed by atoms with Crippen molar-refractivity contribution < 1.29 is 4.74 Å². The Balaban J connectivity index is 2.24. The van der Waals surface area contributed by atoms with Crippen LogP contribution in [0.5, 0.6) is 5.88 Å². The van der Waals surface area contributed by atoms with Crippen molar-refractivity contribution in [1.29, 1.82) is 0 Å². The van der Waals surface area contributed by atoms with E-state index >= 15 is 0 Å². The van der Waals surface area contributed by atoms with E-state index in [2.05, 4.69) is 43.0 Å². The molecule has 1 aromatic heterocycles. The first-order chi connectivity index (χ1) is 9.90. The first-order valence-electron chi connectivity index (χ1n) is 8.13. The van der Waals surface area contributed by atoms with Crippen molar-refractivity contribution in [3.63, 3.8) is 0 Å². The van der Waals surface area contributed by atoms with Gasteiger partial charge in [0.15, 0.2) is 0 Å². The van der Waals surface area contributed by atoms with Crippen LogP contribution in [0.25, 0.3) is 0 Å². The number of hydrogen-bond acceptors (Lipinski definition) is 4. The number of aromatic nitrogens is 2. The van der Waals surface area contributed by atoms with Gasteiger partial charge in [-0.3, -0.25) is 0 Å². The topological polar surface area (TPSA) is 47.0 Å². The summed E-state index contributed by atoms with van der Waals surface area (Å²) in [6.45, 7) is 10.9. The molecule has 1 N–H and O–H groups in total. The highest BCUT2D eigenvalue weighted by molar-refractivity contribution is 5.48. The van der Waals surface area contributed by atoms with Crippen LogP contribution in [0, 0.1) is 18.8 Å². The Hall–Kier alpha value is -1.32. The summed E-state index contributed by atoms with van der Waals surface area (Å²) < 4.78 is 6.27. The van der Waals surface area contributed by atoms with Crippen LogP contribution in [-0.2, 0) is 0 Å². The fourth-order valence-corrected chi connectivity index (χ4v) is 3.26. The zero-order chi connectivity index (χ0) is 15.6. The van der Waals surface area contributed by atoms with Crippen LogP contribution in [-0.4, -0.2) is 23.1 Å². The Morgan fingerprint density at radius 2 is 1.71 bits per heavy atom. The molecule has 0 bridgehead atoms. The fraction of sp³-hybridized carbons (Fsp3) is 0.765. The van der Waals surface area contributed by atoms with Crippen LogP contribution in [0.2, 0.25) is 0 Å². The Morgan fingerprint density at radius 3 is 2.24 bits per heavy atom. The van der Waals surface area contributed by atoms with E-state index in [0.29, 0.717) is 5.92 Å². The van der Waals surface area contributed by atoms with E-state index in [0.717, 1.165) is 47.8 Å². The summed E-state index contributed by atoms with van der Waals surface area (Å²) in [6, 6.07) is 0. The summed E-state index contributed by atoms with van der Waals surface area (Å²) in [5.41, 5.74) is 1.01. The van der Waals surface area contributed by atoms with E-state index in [-0.39, 0.29) is 6.10 Å². The summed E-state index contributed by atoms with van der Waals surface area (Å²) >= 11 is 0. The van der Waals surface area contributed by atoms with Crippen molar-refractivity contribution in [1.82, 2.24) is 9.97 Å². The number of hydrogen-bond donors (Lipinski definition) is 1. The highest BCUT2D eigenvalue weighted by atomic mass is 16.5. The average Bonchev–Trinajstić information content (AvgIpc) is 2.39. The van der Waals surface area contributed by atoms with Gasteiger partial charge in [0, 0.05) is 13.0 Å². The molecule has 2 rings (SSSR count). The molecule has 0 aliphatic heterocycles. The molecule has 0 spiro atoms. The highest BCUT2D eigenvalue weighted by Crippen LogP contribution is 2.33. The van der Waals surface area contributed by atoms with Gasteiger partial charge in [-0.05, 0) is 38.0 Å². The molecular weight excluding hydrogens is 262 g/mol. The maximum Gasteiger partial charge on any atom is 0.222 e. The lowest BCUT2D eigenvalue weighted by atomic mass is 9.82. The normalized spacial score (nSPS) is 26.0. The van der Waals surface area contributed by atoms with Crippen LogP contribution in [0.1, 0.15) is 64.3 Å². The molecule has 4 heteroatoms. The third kappa shape index (κ3) is 3.86. The summed E-state index contributed by atoms with van der Waals surface area (Å²) in [5.74, 6) is 4.23. The fourth-order valence-electron chi connectivity index (χ4n) is 3.26. The van der Waals surface area contributed by atoms with Crippen LogP contribution in [0.15, 0.2) is 0 Å². The van der Waals surface area contributed by atoms with Gasteiger partial charge >= 0.3 is 0 Å². The van der Waals surface area contributed by atoms with Gasteiger partial charge in [-0.15, -0.1) is 0 Å². The van der Waals surface area contributed by atoms with Gasteiger partial charge in [-0.1, -0.05) is 27.7 Å². The molecule has 2 unspecified atom stereocenters. The van der Waals surface area contributed by atoms with E-state index in [1.807, 2.05) is 14.0 Å². The van der Waals surface area contributed by atoms with Crippen molar-refractivity contribution in [2.75, 3.05) is 12.4 Å². The molecule has 118 valence electrons. The first-order valence-corrected chi connectivity index (χ1v) is 8.13. The van der Waals surface area contributed by atoms with Gasteiger partial charge in [-0.2, -0.15) is 4.98 Å². The lowest BCUT2D eigenvalue weighted by molar-refractivity contribution is 0.0956. The average molecular weight is 291 g/mol. The minimum Gasteiger partial charge on any atom is -0.474 e. The minimum absolute atomic E-state index is 0.280. The SMILES string of the molecule is CNc1nc(C(C)C)nc(OC2CC(C)CC(C)C2)c1C. The molecule has 4 nitrogen and oxygen atoms in total. The molecule has 0 radical (unpaired) electrons. The summed E-state index contributed by atoms with van der Waals surface area (Å²) in [7, 11) is 1.90. The number of ether oxygens (including phenoxy) is 1. The standard InChI is InChI=1S/C17H29N3O/c1-10(2)15-19-16(18-6)13(5)17(20-15)21-14-8-11(3)7-12(4)9-14/h10-12,14H,7-9H2,1-6H3,(H,18,19,20). The molecule has 2 atom stereocenters. The third-order valence-electron chi connectivity index (χ3n) is 4.29. The largest absolute Gasteiger partial charge is 0.474 e. The molecule has 21 heavy (non-hydrogen) atoms.